The molecule has 39 heavy (non-hydrogen) atoms. The molecule has 2 heterocycles. The Morgan fingerprint density at radius 2 is 1.41 bits per heavy atom. The predicted octanol–water partition coefficient (Wildman–Crippen LogP) is 6.07. The largest absolute Gasteiger partial charge is 0.497 e. The Morgan fingerprint density at radius 3 is 2.08 bits per heavy atom. The van der Waals surface area contributed by atoms with Gasteiger partial charge in [-0.15, -0.1) is 0 Å². The van der Waals surface area contributed by atoms with E-state index >= 15 is 0 Å². The number of nitrogens with one attached hydrogen (secondary N) is 1. The lowest BCUT2D eigenvalue weighted by molar-refractivity contribution is 0.0671. The fourth-order valence-corrected chi connectivity index (χ4v) is 5.21. The second-order valence-corrected chi connectivity index (χ2v) is 9.91. The maximum atomic E-state index is 13.8. The number of carbonyl (C=O) groups is 2. The first kappa shape index (κ1) is 26.1. The van der Waals surface area contributed by atoms with E-state index < -0.39 is 0 Å². The first-order chi connectivity index (χ1) is 18.9. The quantitative estimate of drug-likeness (QED) is 0.346. The van der Waals surface area contributed by atoms with Crippen LogP contribution >= 0.6 is 0 Å². The zero-order valence-corrected chi connectivity index (χ0v) is 22.9. The number of ether oxygens (including phenoxy) is 1. The van der Waals surface area contributed by atoms with Gasteiger partial charge in [0.15, 0.2) is 0 Å². The second-order valence-electron chi connectivity index (χ2n) is 9.91. The molecule has 7 nitrogen and oxygen atoms in total. The smallest absolute Gasteiger partial charge is 0.321 e. The maximum absolute atomic E-state index is 13.8. The van der Waals surface area contributed by atoms with Gasteiger partial charge in [0.25, 0.3) is 5.91 Å². The molecule has 200 valence electrons. The Balaban J connectivity index is 1.37. The van der Waals surface area contributed by atoms with E-state index in [0.717, 1.165) is 45.2 Å². The third-order valence-electron chi connectivity index (χ3n) is 7.43. The van der Waals surface area contributed by atoms with Crippen LogP contribution in [0.1, 0.15) is 27.2 Å². The van der Waals surface area contributed by atoms with Crippen LogP contribution in [0.5, 0.6) is 5.75 Å². The van der Waals surface area contributed by atoms with Crippen molar-refractivity contribution in [1.29, 1.82) is 0 Å². The first-order valence-electron chi connectivity index (χ1n) is 13.2. The summed E-state index contributed by atoms with van der Waals surface area (Å²) < 4.78 is 7.58. The number of rotatable bonds is 5. The van der Waals surface area contributed by atoms with Crippen LogP contribution in [-0.2, 0) is 0 Å². The van der Waals surface area contributed by atoms with Gasteiger partial charge in [-0.3, -0.25) is 4.79 Å². The average molecular weight is 523 g/mol. The molecule has 4 aromatic rings. The van der Waals surface area contributed by atoms with Gasteiger partial charge in [-0.05, 0) is 55.7 Å². The molecule has 0 unspecified atom stereocenters. The van der Waals surface area contributed by atoms with Gasteiger partial charge in [0.1, 0.15) is 5.75 Å². The minimum absolute atomic E-state index is 0.0267. The van der Waals surface area contributed by atoms with Gasteiger partial charge in [0.2, 0.25) is 0 Å². The summed E-state index contributed by atoms with van der Waals surface area (Å²) in [6.07, 6.45) is 0. The lowest BCUT2D eigenvalue weighted by Gasteiger charge is -2.35. The highest BCUT2D eigenvalue weighted by atomic mass is 16.5. The predicted molar refractivity (Wildman–Crippen MR) is 155 cm³/mol. The van der Waals surface area contributed by atoms with E-state index in [-0.39, 0.29) is 11.9 Å². The molecule has 0 atom stereocenters. The van der Waals surface area contributed by atoms with Gasteiger partial charge >= 0.3 is 6.03 Å². The molecular weight excluding hydrogens is 488 g/mol. The van der Waals surface area contributed by atoms with Crippen molar-refractivity contribution in [3.63, 3.8) is 0 Å². The summed E-state index contributed by atoms with van der Waals surface area (Å²) in [7, 11) is 1.65. The highest BCUT2D eigenvalue weighted by molar-refractivity contribution is 5.98. The lowest BCUT2D eigenvalue weighted by Crippen LogP contribution is -2.51. The summed E-state index contributed by atoms with van der Waals surface area (Å²) in [4.78, 5) is 30.4. The van der Waals surface area contributed by atoms with Crippen molar-refractivity contribution in [2.75, 3.05) is 38.6 Å². The molecule has 5 rings (SSSR count). The van der Waals surface area contributed by atoms with Crippen LogP contribution in [-0.4, -0.2) is 59.6 Å². The Labute approximate surface area is 229 Å². The minimum Gasteiger partial charge on any atom is -0.497 e. The molecule has 0 bridgehead atoms. The van der Waals surface area contributed by atoms with Crippen LogP contribution in [0.3, 0.4) is 0 Å². The molecule has 0 radical (unpaired) electrons. The Kier molecular flexibility index (Phi) is 7.41. The zero-order chi connectivity index (χ0) is 27.5. The van der Waals surface area contributed by atoms with E-state index in [9.17, 15) is 9.59 Å². The zero-order valence-electron chi connectivity index (χ0n) is 22.9. The summed E-state index contributed by atoms with van der Waals surface area (Å²) in [5.74, 6) is 0.726. The van der Waals surface area contributed by atoms with Gasteiger partial charge in [0.05, 0.1) is 18.4 Å². The van der Waals surface area contributed by atoms with Crippen molar-refractivity contribution in [3.05, 3.63) is 101 Å². The van der Waals surface area contributed by atoms with Crippen LogP contribution in [0, 0.1) is 20.8 Å². The molecule has 7 heteroatoms. The second kappa shape index (κ2) is 11.1. The van der Waals surface area contributed by atoms with Crippen molar-refractivity contribution < 1.29 is 14.3 Å². The van der Waals surface area contributed by atoms with Crippen LogP contribution in [0.4, 0.5) is 10.5 Å². The van der Waals surface area contributed by atoms with E-state index in [2.05, 4.69) is 9.88 Å². The summed E-state index contributed by atoms with van der Waals surface area (Å²) in [5.41, 5.74) is 7.32. The Hall–Kier alpha value is -4.52. The van der Waals surface area contributed by atoms with E-state index in [1.165, 1.54) is 0 Å². The fraction of sp³-hybridized carbons (Fsp3) is 0.250. The molecule has 1 fully saturated rings. The summed E-state index contributed by atoms with van der Waals surface area (Å²) in [6.45, 7) is 7.86. The van der Waals surface area contributed by atoms with Crippen LogP contribution in [0.2, 0.25) is 0 Å². The van der Waals surface area contributed by atoms with E-state index in [4.69, 9.17) is 4.74 Å². The number of aryl methyl sites for hydroxylation is 2. The van der Waals surface area contributed by atoms with Crippen molar-refractivity contribution in [2.24, 2.45) is 0 Å². The lowest BCUT2D eigenvalue weighted by atomic mass is 10.1. The third-order valence-corrected chi connectivity index (χ3v) is 7.43. The molecule has 0 saturated carbocycles. The number of piperazine rings is 1. The maximum Gasteiger partial charge on any atom is 0.321 e. The molecule has 1 N–H and O–H groups in total. The summed E-state index contributed by atoms with van der Waals surface area (Å²) in [5, 5.41) is 3.06. The molecule has 3 amide bonds. The van der Waals surface area contributed by atoms with E-state index in [1.807, 2.05) is 105 Å². The first-order valence-corrected chi connectivity index (χ1v) is 13.2. The average Bonchev–Trinajstić information content (AvgIpc) is 3.32. The molecule has 3 aromatic carbocycles. The van der Waals surface area contributed by atoms with Gasteiger partial charge in [-0.1, -0.05) is 54.6 Å². The molecule has 1 aromatic heterocycles. The van der Waals surface area contributed by atoms with E-state index in [0.29, 0.717) is 31.7 Å². The van der Waals surface area contributed by atoms with Gasteiger partial charge < -0.3 is 24.4 Å². The molecule has 0 aliphatic carbocycles. The van der Waals surface area contributed by atoms with Crippen molar-refractivity contribution >= 4 is 17.6 Å². The molecule has 1 aliphatic heterocycles. The number of para-hydroxylation sites is 1. The minimum atomic E-state index is -0.133. The van der Waals surface area contributed by atoms with Crippen LogP contribution in [0.25, 0.3) is 16.9 Å². The Morgan fingerprint density at radius 1 is 0.769 bits per heavy atom. The number of hydrogen-bond donors (Lipinski definition) is 1. The van der Waals surface area contributed by atoms with Crippen molar-refractivity contribution in [2.45, 2.75) is 20.8 Å². The highest BCUT2D eigenvalue weighted by Gasteiger charge is 2.28. The summed E-state index contributed by atoms with van der Waals surface area (Å²) >= 11 is 0. The molecular formula is C32H34N4O3. The standard InChI is InChI=1S/C32H34N4O3/c1-22-10-8-11-23(2)30(22)33-32(38)35-18-16-34(17-19-35)31(37)28-21-29(25-12-6-5-7-13-25)36(24(28)3)26-14-9-15-27(20-26)39-4/h5-15,20-21H,16-19H2,1-4H3,(H,33,38). The molecule has 1 aliphatic rings. The number of anilines is 1. The number of aromatic nitrogens is 1. The number of benzene rings is 3. The fourth-order valence-electron chi connectivity index (χ4n) is 5.21. The number of hydrogen-bond acceptors (Lipinski definition) is 3. The van der Waals surface area contributed by atoms with Gasteiger partial charge in [-0.25, -0.2) is 4.79 Å². The number of amides is 3. The topological polar surface area (TPSA) is 66.8 Å². The number of methoxy groups -OCH3 is 1. The molecule has 0 spiro atoms. The van der Waals surface area contributed by atoms with Crippen molar-refractivity contribution in [3.8, 4) is 22.7 Å². The van der Waals surface area contributed by atoms with Crippen LogP contribution in [0.15, 0.2) is 78.9 Å². The summed E-state index contributed by atoms with van der Waals surface area (Å²) in [6, 6.07) is 25.7. The number of urea groups is 1. The SMILES string of the molecule is COc1cccc(-n2c(-c3ccccc3)cc(C(=O)N3CCN(C(=O)Nc4c(C)cccc4C)CC3)c2C)c1. The monoisotopic (exact) mass is 522 g/mol. The van der Waals surface area contributed by atoms with E-state index in [1.54, 1.807) is 12.0 Å². The number of carbonyl (C=O) groups excluding carboxylic acids is 2. The highest BCUT2D eigenvalue weighted by Crippen LogP contribution is 2.31. The van der Waals surface area contributed by atoms with Crippen LogP contribution < -0.4 is 10.1 Å². The number of nitrogens with zero attached hydrogens (tertiary/aromatic N) is 3. The van der Waals surface area contributed by atoms with Gasteiger partial charge in [-0.2, -0.15) is 0 Å². The Bertz CT molecular complexity index is 1480. The normalized spacial score (nSPS) is 13.3. The third kappa shape index (κ3) is 5.25. The van der Waals surface area contributed by atoms with Gasteiger partial charge in [0, 0.05) is 49.3 Å². The molecule has 1 saturated heterocycles. The van der Waals surface area contributed by atoms with Crippen molar-refractivity contribution in [1.82, 2.24) is 14.4 Å².